The topological polar surface area (TPSA) is 117 Å². The molecule has 0 aliphatic carbocycles. The molecule has 6 N–H and O–H groups in total. The van der Waals surface area contributed by atoms with Gasteiger partial charge in [-0.1, -0.05) is 44.2 Å². The summed E-state index contributed by atoms with van der Waals surface area (Å²) in [6.07, 6.45) is 3.46. The predicted molar refractivity (Wildman–Crippen MR) is 164 cm³/mol. The third kappa shape index (κ3) is 9.69. The Morgan fingerprint density at radius 1 is 1.05 bits per heavy atom. The Labute approximate surface area is 236 Å². The fraction of sp³-hybridized carbons (Fsp3) is 0.567. The second kappa shape index (κ2) is 14.9. The molecular formula is C30H48N4O4S. The van der Waals surface area contributed by atoms with E-state index >= 15 is 0 Å². The molecule has 0 spiro atoms. The first kappa shape index (κ1) is 31.2. The van der Waals surface area contributed by atoms with E-state index in [1.807, 2.05) is 43.3 Å². The minimum absolute atomic E-state index is 0.263. The minimum atomic E-state index is -2.93. The highest BCUT2D eigenvalue weighted by atomic mass is 32.3. The molecule has 1 saturated heterocycles. The summed E-state index contributed by atoms with van der Waals surface area (Å²) in [6.45, 7) is 10.1. The molecule has 2 aromatic carbocycles. The van der Waals surface area contributed by atoms with Gasteiger partial charge in [-0.2, -0.15) is 0 Å². The lowest BCUT2D eigenvalue weighted by Crippen LogP contribution is -2.49. The van der Waals surface area contributed by atoms with E-state index in [4.69, 9.17) is 0 Å². The average molecular weight is 561 g/mol. The zero-order chi connectivity index (χ0) is 28.4. The number of carbonyl (C=O) groups is 1. The Morgan fingerprint density at radius 3 is 2.46 bits per heavy atom. The van der Waals surface area contributed by atoms with Crippen LogP contribution in [0.3, 0.4) is 0 Å². The van der Waals surface area contributed by atoms with Crippen molar-refractivity contribution in [2.45, 2.75) is 78.0 Å². The molecule has 1 heterocycles. The van der Waals surface area contributed by atoms with Crippen LogP contribution in [-0.2, 0) is 6.42 Å². The number of hydrogen-bond donors (Lipinski definition) is 6. The van der Waals surface area contributed by atoms with Gasteiger partial charge in [-0.05, 0) is 75.6 Å². The van der Waals surface area contributed by atoms with Crippen LogP contribution in [0.1, 0.15) is 69.3 Å². The first-order valence-corrected chi connectivity index (χ1v) is 15.9. The van der Waals surface area contributed by atoms with Gasteiger partial charge in [0, 0.05) is 36.9 Å². The van der Waals surface area contributed by atoms with Gasteiger partial charge in [0.25, 0.3) is 5.91 Å². The number of benzene rings is 2. The second-order valence-electron chi connectivity index (χ2n) is 11.1. The van der Waals surface area contributed by atoms with Gasteiger partial charge < -0.3 is 21.1 Å². The zero-order valence-corrected chi connectivity index (χ0v) is 24.7. The van der Waals surface area contributed by atoms with Crippen molar-refractivity contribution in [3.05, 3.63) is 59.7 Å². The van der Waals surface area contributed by atoms with Crippen molar-refractivity contribution >= 4 is 28.1 Å². The van der Waals surface area contributed by atoms with Crippen molar-refractivity contribution in [2.75, 3.05) is 35.0 Å². The zero-order valence-electron chi connectivity index (χ0n) is 23.9. The molecule has 1 aliphatic heterocycles. The van der Waals surface area contributed by atoms with Crippen LogP contribution in [-0.4, -0.2) is 63.7 Å². The summed E-state index contributed by atoms with van der Waals surface area (Å²) in [4.78, 5) is 13.6. The molecular weight excluding hydrogens is 512 g/mol. The van der Waals surface area contributed by atoms with Gasteiger partial charge >= 0.3 is 0 Å². The van der Waals surface area contributed by atoms with E-state index in [-0.39, 0.29) is 11.9 Å². The van der Waals surface area contributed by atoms with Crippen LogP contribution >= 0.6 is 10.8 Å². The minimum Gasteiger partial charge on any atom is -0.390 e. The summed E-state index contributed by atoms with van der Waals surface area (Å²) in [7, 11) is -2.93. The summed E-state index contributed by atoms with van der Waals surface area (Å²) in [5.74, 6) is 0.645. The Morgan fingerprint density at radius 2 is 1.79 bits per heavy atom. The van der Waals surface area contributed by atoms with E-state index in [9.17, 15) is 19.0 Å². The maximum absolute atomic E-state index is 13.6. The van der Waals surface area contributed by atoms with E-state index in [2.05, 4.69) is 36.7 Å². The molecule has 9 heteroatoms. The molecule has 39 heavy (non-hydrogen) atoms. The van der Waals surface area contributed by atoms with Crippen molar-refractivity contribution in [1.82, 2.24) is 10.6 Å². The number of hydrogen-bond acceptors (Lipinski definition) is 7. The third-order valence-electron chi connectivity index (χ3n) is 7.16. The van der Waals surface area contributed by atoms with Crippen LogP contribution in [0.25, 0.3) is 0 Å². The van der Waals surface area contributed by atoms with E-state index in [0.717, 1.165) is 36.9 Å². The van der Waals surface area contributed by atoms with Crippen LogP contribution in [0, 0.1) is 5.92 Å². The van der Waals surface area contributed by atoms with Crippen molar-refractivity contribution in [3.63, 3.8) is 0 Å². The smallest absolute Gasteiger partial charge is 0.251 e. The Bertz CT molecular complexity index is 1040. The van der Waals surface area contributed by atoms with Crippen LogP contribution in [0.4, 0.5) is 11.4 Å². The number of carbonyl (C=O) groups excluding carboxylic acids is 1. The maximum Gasteiger partial charge on any atom is 0.251 e. The SMILES string of the molecule is CCNc1cc(C(=O)N[C@@H](Cc2ccccc2)[C@H](O)CNC(C)CCC(C)C)cc(N2CCCCS2(O)O)c1. The van der Waals surface area contributed by atoms with Crippen LogP contribution < -0.4 is 20.3 Å². The Hall–Kier alpha value is -2.30. The number of nitrogens with zero attached hydrogens (tertiary/aromatic N) is 1. The molecule has 0 saturated carbocycles. The van der Waals surface area contributed by atoms with E-state index < -0.39 is 22.9 Å². The number of aliphatic hydroxyl groups excluding tert-OH is 1. The highest BCUT2D eigenvalue weighted by Crippen LogP contribution is 2.50. The molecule has 1 fully saturated rings. The second-order valence-corrected chi connectivity index (χ2v) is 13.2. The van der Waals surface area contributed by atoms with E-state index in [1.54, 1.807) is 16.4 Å². The quantitative estimate of drug-likeness (QED) is 0.181. The van der Waals surface area contributed by atoms with Crippen LogP contribution in [0.15, 0.2) is 48.5 Å². The average Bonchev–Trinajstić information content (AvgIpc) is 2.90. The number of anilines is 2. The number of nitrogens with one attached hydrogen (secondary N) is 3. The summed E-state index contributed by atoms with van der Waals surface area (Å²) in [5, 5.41) is 21.0. The molecule has 1 amide bonds. The van der Waals surface area contributed by atoms with Gasteiger partial charge in [-0.3, -0.25) is 18.2 Å². The van der Waals surface area contributed by atoms with Crippen molar-refractivity contribution < 1.29 is 19.0 Å². The largest absolute Gasteiger partial charge is 0.390 e. The molecule has 3 rings (SSSR count). The van der Waals surface area contributed by atoms with Crippen LogP contribution in [0.5, 0.6) is 0 Å². The van der Waals surface area contributed by atoms with Gasteiger partial charge in [-0.25, -0.2) is 0 Å². The first-order valence-electron chi connectivity index (χ1n) is 14.3. The van der Waals surface area contributed by atoms with Crippen LogP contribution in [0.2, 0.25) is 0 Å². The fourth-order valence-electron chi connectivity index (χ4n) is 4.85. The molecule has 0 radical (unpaired) electrons. The fourth-order valence-corrected chi connectivity index (χ4v) is 6.53. The molecule has 1 unspecified atom stereocenters. The number of rotatable bonds is 14. The van der Waals surface area contributed by atoms with Gasteiger partial charge in [0.2, 0.25) is 0 Å². The predicted octanol–water partition coefficient (Wildman–Crippen LogP) is 5.50. The van der Waals surface area contributed by atoms with E-state index in [0.29, 0.717) is 49.0 Å². The summed E-state index contributed by atoms with van der Waals surface area (Å²) >= 11 is 0. The van der Waals surface area contributed by atoms with Gasteiger partial charge in [-0.15, -0.1) is 10.8 Å². The van der Waals surface area contributed by atoms with Gasteiger partial charge in [0.15, 0.2) is 0 Å². The highest BCUT2D eigenvalue weighted by Gasteiger charge is 2.28. The maximum atomic E-state index is 13.6. The highest BCUT2D eigenvalue weighted by molar-refractivity contribution is 8.25. The first-order chi connectivity index (χ1) is 18.6. The van der Waals surface area contributed by atoms with Gasteiger partial charge in [0.1, 0.15) is 0 Å². The van der Waals surface area contributed by atoms with E-state index in [1.165, 1.54) is 0 Å². The van der Waals surface area contributed by atoms with Crippen molar-refractivity contribution in [1.29, 1.82) is 0 Å². The normalized spacial score (nSPS) is 18.3. The van der Waals surface area contributed by atoms with Gasteiger partial charge in [0.05, 0.1) is 23.6 Å². The molecule has 2 aromatic rings. The lowest BCUT2D eigenvalue weighted by Gasteiger charge is -2.47. The summed E-state index contributed by atoms with van der Waals surface area (Å²) in [5.41, 5.74) is 2.78. The lowest BCUT2D eigenvalue weighted by molar-refractivity contribution is 0.0825. The monoisotopic (exact) mass is 560 g/mol. The molecule has 8 nitrogen and oxygen atoms in total. The molecule has 218 valence electrons. The molecule has 0 aromatic heterocycles. The summed E-state index contributed by atoms with van der Waals surface area (Å²) < 4.78 is 23.0. The third-order valence-corrected chi connectivity index (χ3v) is 9.10. The number of amides is 1. The number of aliphatic hydroxyl groups is 1. The molecule has 3 atom stereocenters. The van der Waals surface area contributed by atoms with Crippen molar-refractivity contribution in [2.24, 2.45) is 5.92 Å². The molecule has 1 aliphatic rings. The summed E-state index contributed by atoms with van der Waals surface area (Å²) in [6, 6.07) is 15.0. The Balaban J connectivity index is 1.80. The standard InChI is InChI=1S/C30H48N4O4S/c1-5-31-26-18-25(19-27(20-26)34-15-9-10-16-39(34,37)38)30(36)33-28(17-24-11-7-6-8-12-24)29(35)21-32-23(4)14-13-22(2)3/h6-8,11-12,18-20,22-23,28-29,31-32,35,37-38H,5,9-10,13-17,21H2,1-4H3,(H,33,36)/t23?,28-,29+/m0/s1. The lowest BCUT2D eigenvalue weighted by atomic mass is 9.99. The Kier molecular flexibility index (Phi) is 11.9. The molecule has 0 bridgehead atoms. The van der Waals surface area contributed by atoms with Crippen molar-refractivity contribution in [3.8, 4) is 0 Å².